The van der Waals surface area contributed by atoms with E-state index in [2.05, 4.69) is 29.8 Å². The Bertz CT molecular complexity index is 442. The van der Waals surface area contributed by atoms with Crippen LogP contribution in [0.4, 0.5) is 0 Å². The molecule has 0 saturated carbocycles. The van der Waals surface area contributed by atoms with Crippen LogP contribution >= 0.6 is 11.3 Å². The van der Waals surface area contributed by atoms with Gasteiger partial charge in [-0.2, -0.15) is 0 Å². The molecule has 0 aliphatic rings. The third-order valence-electron chi connectivity index (χ3n) is 1.97. The maximum absolute atomic E-state index is 4.50. The van der Waals surface area contributed by atoms with Gasteiger partial charge in [-0.3, -0.25) is 0 Å². The lowest BCUT2D eigenvalue weighted by Gasteiger charge is -1.96. The van der Waals surface area contributed by atoms with Crippen LogP contribution in [0.15, 0.2) is 30.9 Å². The normalized spacial score (nSPS) is 10.5. The fraction of sp³-hybridized carbons (Fsp3) is 0.182. The molecule has 0 saturated heterocycles. The van der Waals surface area contributed by atoms with Crippen LogP contribution in [-0.4, -0.2) is 4.98 Å². The van der Waals surface area contributed by atoms with Crippen molar-refractivity contribution in [1.82, 2.24) is 4.98 Å². The molecular formula is C11H11NS. The molecule has 66 valence electrons. The van der Waals surface area contributed by atoms with Gasteiger partial charge in [0.25, 0.3) is 0 Å². The fourth-order valence-electron chi connectivity index (χ4n) is 1.44. The van der Waals surface area contributed by atoms with Gasteiger partial charge in [0.2, 0.25) is 0 Å². The molecule has 13 heavy (non-hydrogen) atoms. The van der Waals surface area contributed by atoms with E-state index in [1.165, 1.54) is 10.3 Å². The number of nitrogens with zero attached hydrogens (tertiary/aromatic N) is 1. The zero-order valence-electron chi connectivity index (χ0n) is 7.58. The van der Waals surface area contributed by atoms with Crippen molar-refractivity contribution in [2.24, 2.45) is 0 Å². The molecule has 1 aromatic heterocycles. The Hall–Kier alpha value is -1.15. The molecular weight excluding hydrogens is 178 g/mol. The highest BCUT2D eigenvalue weighted by Crippen LogP contribution is 2.24. The van der Waals surface area contributed by atoms with E-state index in [0.29, 0.717) is 0 Å². The minimum absolute atomic E-state index is 0.903. The molecule has 1 aromatic carbocycles. The van der Waals surface area contributed by atoms with Crippen molar-refractivity contribution in [3.8, 4) is 0 Å². The van der Waals surface area contributed by atoms with Gasteiger partial charge in [-0.25, -0.2) is 4.98 Å². The number of hydrogen-bond donors (Lipinski definition) is 0. The minimum Gasteiger partial charge on any atom is -0.241 e. The zero-order chi connectivity index (χ0) is 9.26. The maximum Gasteiger partial charge on any atom is 0.0907 e. The first-order valence-electron chi connectivity index (χ1n) is 4.27. The van der Waals surface area contributed by atoms with Gasteiger partial charge in [0.05, 0.1) is 15.2 Å². The van der Waals surface area contributed by atoms with Crippen molar-refractivity contribution >= 4 is 21.6 Å². The molecule has 0 bridgehead atoms. The lowest BCUT2D eigenvalue weighted by atomic mass is 10.1. The summed E-state index contributed by atoms with van der Waals surface area (Å²) in [5.41, 5.74) is 2.42. The van der Waals surface area contributed by atoms with Gasteiger partial charge in [0.15, 0.2) is 0 Å². The first kappa shape index (κ1) is 8.45. The number of aromatic nitrogens is 1. The van der Waals surface area contributed by atoms with Gasteiger partial charge in [-0.1, -0.05) is 18.2 Å². The highest BCUT2D eigenvalue weighted by Gasteiger charge is 2.03. The topological polar surface area (TPSA) is 12.9 Å². The van der Waals surface area contributed by atoms with Crippen molar-refractivity contribution in [1.29, 1.82) is 0 Å². The lowest BCUT2D eigenvalue weighted by Crippen LogP contribution is -1.82. The monoisotopic (exact) mass is 189 g/mol. The van der Waals surface area contributed by atoms with Crippen LogP contribution in [0.1, 0.15) is 10.6 Å². The van der Waals surface area contributed by atoms with Crippen molar-refractivity contribution in [3.63, 3.8) is 0 Å². The average Bonchev–Trinajstić information content (AvgIpc) is 2.47. The Balaban J connectivity index is 2.67. The summed E-state index contributed by atoms with van der Waals surface area (Å²) in [5, 5.41) is 1.13. The molecule has 1 nitrogen and oxygen atoms in total. The number of benzene rings is 1. The van der Waals surface area contributed by atoms with Gasteiger partial charge in [-0.15, -0.1) is 17.9 Å². The van der Waals surface area contributed by atoms with Crippen LogP contribution in [-0.2, 0) is 6.42 Å². The number of rotatable bonds is 2. The van der Waals surface area contributed by atoms with E-state index in [-0.39, 0.29) is 0 Å². The molecule has 0 N–H and O–H groups in total. The Morgan fingerprint density at radius 3 is 3.15 bits per heavy atom. The van der Waals surface area contributed by atoms with E-state index >= 15 is 0 Å². The summed E-state index contributed by atoms with van der Waals surface area (Å²) < 4.78 is 1.27. The summed E-state index contributed by atoms with van der Waals surface area (Å²) in [5.74, 6) is 0. The summed E-state index contributed by atoms with van der Waals surface area (Å²) in [7, 11) is 0. The van der Waals surface area contributed by atoms with Crippen LogP contribution in [0.2, 0.25) is 0 Å². The SMILES string of the molecule is C=CCc1cccc2sc(C)nc12. The molecule has 0 amide bonds. The fourth-order valence-corrected chi connectivity index (χ4v) is 2.31. The van der Waals surface area contributed by atoms with Crippen LogP contribution in [0.3, 0.4) is 0 Å². The summed E-state index contributed by atoms with van der Waals surface area (Å²) in [4.78, 5) is 4.50. The Morgan fingerprint density at radius 1 is 1.54 bits per heavy atom. The average molecular weight is 189 g/mol. The number of allylic oxidation sites excluding steroid dienone is 1. The third-order valence-corrected chi connectivity index (χ3v) is 2.91. The smallest absolute Gasteiger partial charge is 0.0907 e. The van der Waals surface area contributed by atoms with E-state index in [0.717, 1.165) is 16.9 Å². The van der Waals surface area contributed by atoms with Gasteiger partial charge >= 0.3 is 0 Å². The van der Waals surface area contributed by atoms with E-state index in [9.17, 15) is 0 Å². The highest BCUT2D eigenvalue weighted by atomic mass is 32.1. The third kappa shape index (κ3) is 1.49. The summed E-state index contributed by atoms with van der Waals surface area (Å²) in [6.07, 6.45) is 2.82. The van der Waals surface area contributed by atoms with Crippen molar-refractivity contribution in [2.75, 3.05) is 0 Å². The first-order chi connectivity index (χ1) is 6.31. The molecule has 0 atom stereocenters. The number of para-hydroxylation sites is 1. The second-order valence-electron chi connectivity index (χ2n) is 2.99. The van der Waals surface area contributed by atoms with E-state index in [1.807, 2.05) is 13.0 Å². The lowest BCUT2D eigenvalue weighted by molar-refractivity contribution is 1.26. The van der Waals surface area contributed by atoms with Crippen molar-refractivity contribution in [3.05, 3.63) is 41.4 Å². The molecule has 2 aromatic rings. The molecule has 2 rings (SSSR count). The Morgan fingerprint density at radius 2 is 2.38 bits per heavy atom. The molecule has 0 spiro atoms. The van der Waals surface area contributed by atoms with Gasteiger partial charge < -0.3 is 0 Å². The minimum atomic E-state index is 0.903. The summed E-state index contributed by atoms with van der Waals surface area (Å²) in [6, 6.07) is 6.31. The van der Waals surface area contributed by atoms with Crippen LogP contribution in [0.25, 0.3) is 10.2 Å². The van der Waals surface area contributed by atoms with Gasteiger partial charge in [0, 0.05) is 0 Å². The molecule has 0 aliphatic heterocycles. The molecule has 0 aliphatic carbocycles. The molecule has 2 heteroatoms. The van der Waals surface area contributed by atoms with E-state index in [4.69, 9.17) is 0 Å². The highest BCUT2D eigenvalue weighted by molar-refractivity contribution is 7.18. The Labute approximate surface area is 81.7 Å². The number of hydrogen-bond acceptors (Lipinski definition) is 2. The van der Waals surface area contributed by atoms with Crippen LogP contribution in [0.5, 0.6) is 0 Å². The number of fused-ring (bicyclic) bond motifs is 1. The van der Waals surface area contributed by atoms with Crippen molar-refractivity contribution < 1.29 is 0 Å². The second-order valence-corrected chi connectivity index (χ2v) is 4.22. The molecule has 0 unspecified atom stereocenters. The predicted molar refractivity (Wildman–Crippen MR) is 58.3 cm³/mol. The molecule has 0 radical (unpaired) electrons. The largest absolute Gasteiger partial charge is 0.241 e. The van der Waals surface area contributed by atoms with Crippen LogP contribution in [0, 0.1) is 6.92 Å². The van der Waals surface area contributed by atoms with Gasteiger partial charge in [-0.05, 0) is 25.0 Å². The number of thiazole rings is 1. The van der Waals surface area contributed by atoms with E-state index < -0.39 is 0 Å². The summed E-state index contributed by atoms with van der Waals surface area (Å²) >= 11 is 1.75. The second kappa shape index (κ2) is 3.30. The quantitative estimate of drug-likeness (QED) is 0.660. The molecule has 0 fully saturated rings. The predicted octanol–water partition coefficient (Wildman–Crippen LogP) is 3.33. The Kier molecular flexibility index (Phi) is 2.15. The maximum atomic E-state index is 4.50. The zero-order valence-corrected chi connectivity index (χ0v) is 8.40. The number of aryl methyl sites for hydroxylation is 1. The van der Waals surface area contributed by atoms with Crippen molar-refractivity contribution in [2.45, 2.75) is 13.3 Å². The standard InChI is InChI=1S/C11H11NS/c1-3-5-9-6-4-7-10-11(9)12-8(2)13-10/h3-4,6-7H,1,5H2,2H3. The van der Waals surface area contributed by atoms with Gasteiger partial charge in [0.1, 0.15) is 0 Å². The first-order valence-corrected chi connectivity index (χ1v) is 5.09. The van der Waals surface area contributed by atoms with Crippen LogP contribution < -0.4 is 0 Å². The summed E-state index contributed by atoms with van der Waals surface area (Å²) in [6.45, 7) is 5.79. The molecule has 1 heterocycles. The van der Waals surface area contributed by atoms with E-state index in [1.54, 1.807) is 11.3 Å².